The van der Waals surface area contributed by atoms with Gasteiger partial charge in [0, 0.05) is 25.9 Å². The lowest BCUT2D eigenvalue weighted by Gasteiger charge is -2.41. The average molecular weight is 279 g/mol. The molecule has 0 radical (unpaired) electrons. The summed E-state index contributed by atoms with van der Waals surface area (Å²) in [5, 5.41) is 7.96. The van der Waals surface area contributed by atoms with Crippen LogP contribution in [0.1, 0.15) is 51.5 Å². The van der Waals surface area contributed by atoms with Crippen molar-refractivity contribution in [2.24, 2.45) is 7.05 Å². The number of nitrogens with zero attached hydrogens (tertiary/aromatic N) is 2. The molecule has 2 unspecified atom stereocenters. The van der Waals surface area contributed by atoms with Crippen LogP contribution in [0.25, 0.3) is 0 Å². The van der Waals surface area contributed by atoms with E-state index in [2.05, 4.69) is 30.5 Å². The molecule has 0 amide bonds. The summed E-state index contributed by atoms with van der Waals surface area (Å²) >= 11 is 0. The molecule has 0 spiro atoms. The standard InChI is InChI=1S/C16H29N3O/c1-4-10-17-15(16(2)9-5-6-11-20-16)8-7-14-12-18-19(3)13-14/h12-13,15,17H,4-11H2,1-3H3. The molecule has 0 saturated carbocycles. The van der Waals surface area contributed by atoms with Gasteiger partial charge >= 0.3 is 0 Å². The molecule has 1 aliphatic heterocycles. The van der Waals surface area contributed by atoms with Gasteiger partial charge in [-0.25, -0.2) is 0 Å². The van der Waals surface area contributed by atoms with Crippen LogP contribution in [0.4, 0.5) is 0 Å². The van der Waals surface area contributed by atoms with Crippen LogP contribution in [0, 0.1) is 0 Å². The minimum atomic E-state index is -0.00434. The van der Waals surface area contributed by atoms with Gasteiger partial charge in [-0.15, -0.1) is 0 Å². The minimum absolute atomic E-state index is 0.00434. The van der Waals surface area contributed by atoms with Crippen molar-refractivity contribution in [1.82, 2.24) is 15.1 Å². The molecule has 4 nitrogen and oxygen atoms in total. The molecule has 0 aliphatic carbocycles. The summed E-state index contributed by atoms with van der Waals surface area (Å²) < 4.78 is 8.01. The normalized spacial score (nSPS) is 24.8. The van der Waals surface area contributed by atoms with Crippen LogP contribution in [0.3, 0.4) is 0 Å². The zero-order valence-corrected chi connectivity index (χ0v) is 13.2. The second kappa shape index (κ2) is 7.23. The van der Waals surface area contributed by atoms with E-state index >= 15 is 0 Å². The first-order chi connectivity index (χ1) is 9.64. The van der Waals surface area contributed by atoms with Gasteiger partial charge in [0.05, 0.1) is 11.8 Å². The first-order valence-electron chi connectivity index (χ1n) is 7.99. The molecule has 1 aromatic heterocycles. The number of aromatic nitrogens is 2. The van der Waals surface area contributed by atoms with Gasteiger partial charge in [0.25, 0.3) is 0 Å². The highest BCUT2D eigenvalue weighted by Crippen LogP contribution is 2.30. The molecule has 2 atom stereocenters. The summed E-state index contributed by atoms with van der Waals surface area (Å²) in [6.07, 6.45) is 11.1. The Kier molecular flexibility index (Phi) is 5.61. The van der Waals surface area contributed by atoms with E-state index in [1.165, 1.54) is 31.2 Å². The fourth-order valence-electron chi connectivity index (χ4n) is 3.08. The molecular weight excluding hydrogens is 250 g/mol. The lowest BCUT2D eigenvalue weighted by molar-refractivity contribution is -0.0899. The maximum absolute atomic E-state index is 6.13. The molecule has 1 N–H and O–H groups in total. The van der Waals surface area contributed by atoms with Crippen molar-refractivity contribution in [3.05, 3.63) is 18.0 Å². The van der Waals surface area contributed by atoms with E-state index in [-0.39, 0.29) is 5.60 Å². The molecule has 114 valence electrons. The molecule has 1 saturated heterocycles. The van der Waals surface area contributed by atoms with Crippen molar-refractivity contribution >= 4 is 0 Å². The molecule has 0 aromatic carbocycles. The molecule has 1 aliphatic rings. The summed E-state index contributed by atoms with van der Waals surface area (Å²) in [6, 6.07) is 0.433. The van der Waals surface area contributed by atoms with Crippen LogP contribution in [0.15, 0.2) is 12.4 Å². The Balaban J connectivity index is 1.95. The molecule has 1 fully saturated rings. The zero-order valence-electron chi connectivity index (χ0n) is 13.2. The highest BCUT2D eigenvalue weighted by atomic mass is 16.5. The van der Waals surface area contributed by atoms with Crippen molar-refractivity contribution in [3.63, 3.8) is 0 Å². The van der Waals surface area contributed by atoms with E-state index in [1.54, 1.807) is 0 Å². The predicted octanol–water partition coefficient (Wildman–Crippen LogP) is 2.68. The topological polar surface area (TPSA) is 39.1 Å². The van der Waals surface area contributed by atoms with Crippen molar-refractivity contribution in [3.8, 4) is 0 Å². The third kappa shape index (κ3) is 4.06. The number of hydrogen-bond donors (Lipinski definition) is 1. The minimum Gasteiger partial charge on any atom is -0.374 e. The van der Waals surface area contributed by atoms with E-state index in [0.717, 1.165) is 26.0 Å². The van der Waals surface area contributed by atoms with Crippen LogP contribution < -0.4 is 5.32 Å². The Morgan fingerprint density at radius 2 is 2.35 bits per heavy atom. The maximum atomic E-state index is 6.13. The van der Waals surface area contributed by atoms with Gasteiger partial charge in [-0.2, -0.15) is 5.10 Å². The van der Waals surface area contributed by atoms with Gasteiger partial charge in [-0.1, -0.05) is 6.92 Å². The van der Waals surface area contributed by atoms with E-state index in [9.17, 15) is 0 Å². The van der Waals surface area contributed by atoms with Crippen molar-refractivity contribution in [1.29, 1.82) is 0 Å². The first-order valence-corrected chi connectivity index (χ1v) is 7.99. The van der Waals surface area contributed by atoms with Crippen LogP contribution in [-0.2, 0) is 18.2 Å². The van der Waals surface area contributed by atoms with Gasteiger partial charge in [0.15, 0.2) is 0 Å². The second-order valence-electron chi connectivity index (χ2n) is 6.19. The number of rotatable bonds is 7. The molecule has 0 bridgehead atoms. The molecule has 1 aromatic rings. The predicted molar refractivity (Wildman–Crippen MR) is 81.8 cm³/mol. The lowest BCUT2D eigenvalue weighted by Crippen LogP contribution is -2.52. The Bertz CT molecular complexity index is 396. The number of hydrogen-bond acceptors (Lipinski definition) is 3. The van der Waals surface area contributed by atoms with Crippen LogP contribution in [0.5, 0.6) is 0 Å². The second-order valence-corrected chi connectivity index (χ2v) is 6.19. The third-order valence-corrected chi connectivity index (χ3v) is 4.36. The molecule has 2 heterocycles. The van der Waals surface area contributed by atoms with E-state index in [4.69, 9.17) is 4.74 Å². The Hall–Kier alpha value is -0.870. The monoisotopic (exact) mass is 279 g/mol. The average Bonchev–Trinajstić information content (AvgIpc) is 2.85. The van der Waals surface area contributed by atoms with Gasteiger partial charge in [-0.3, -0.25) is 4.68 Å². The molecule has 4 heteroatoms. The Labute approximate surface area is 122 Å². The third-order valence-electron chi connectivity index (χ3n) is 4.36. The quantitative estimate of drug-likeness (QED) is 0.834. The Morgan fingerprint density at radius 1 is 1.50 bits per heavy atom. The summed E-state index contributed by atoms with van der Waals surface area (Å²) in [7, 11) is 1.97. The fourth-order valence-corrected chi connectivity index (χ4v) is 3.08. The zero-order chi connectivity index (χ0) is 14.4. The van der Waals surface area contributed by atoms with Gasteiger partial charge < -0.3 is 10.1 Å². The van der Waals surface area contributed by atoms with Gasteiger partial charge in [0.1, 0.15) is 0 Å². The first kappa shape index (κ1) is 15.5. The van der Waals surface area contributed by atoms with E-state index in [0.29, 0.717) is 6.04 Å². The summed E-state index contributed by atoms with van der Waals surface area (Å²) in [5.74, 6) is 0. The van der Waals surface area contributed by atoms with Crippen LogP contribution in [0.2, 0.25) is 0 Å². The number of nitrogens with one attached hydrogen (secondary N) is 1. The summed E-state index contributed by atoms with van der Waals surface area (Å²) in [5.41, 5.74) is 1.31. The van der Waals surface area contributed by atoms with Crippen molar-refractivity contribution in [2.45, 2.75) is 64.0 Å². The van der Waals surface area contributed by atoms with Gasteiger partial charge in [0.2, 0.25) is 0 Å². The lowest BCUT2D eigenvalue weighted by atomic mass is 9.85. The number of aryl methyl sites for hydroxylation is 2. The summed E-state index contributed by atoms with van der Waals surface area (Å²) in [4.78, 5) is 0. The highest BCUT2D eigenvalue weighted by molar-refractivity contribution is 5.05. The van der Waals surface area contributed by atoms with Crippen molar-refractivity contribution in [2.75, 3.05) is 13.2 Å². The van der Waals surface area contributed by atoms with Crippen LogP contribution in [-0.4, -0.2) is 34.6 Å². The maximum Gasteiger partial charge on any atom is 0.0806 e. The smallest absolute Gasteiger partial charge is 0.0806 e. The fraction of sp³-hybridized carbons (Fsp3) is 0.812. The molecule has 2 rings (SSSR count). The van der Waals surface area contributed by atoms with Crippen molar-refractivity contribution < 1.29 is 4.74 Å². The van der Waals surface area contributed by atoms with E-state index in [1.807, 2.05) is 17.9 Å². The van der Waals surface area contributed by atoms with Gasteiger partial charge in [-0.05, 0) is 57.6 Å². The highest BCUT2D eigenvalue weighted by Gasteiger charge is 2.36. The largest absolute Gasteiger partial charge is 0.374 e. The Morgan fingerprint density at radius 3 is 2.95 bits per heavy atom. The molecular formula is C16H29N3O. The SMILES string of the molecule is CCCNC(CCc1cnn(C)c1)C1(C)CCCCO1. The van der Waals surface area contributed by atoms with E-state index < -0.39 is 0 Å². The summed E-state index contributed by atoms with van der Waals surface area (Å²) in [6.45, 7) is 6.47. The molecule has 20 heavy (non-hydrogen) atoms. The number of ether oxygens (including phenoxy) is 1. The van der Waals surface area contributed by atoms with Crippen LogP contribution >= 0.6 is 0 Å².